The molecule has 1 unspecified atom stereocenters. The summed E-state index contributed by atoms with van der Waals surface area (Å²) < 4.78 is 1.73. The fourth-order valence-corrected chi connectivity index (χ4v) is 1.51. The molecule has 5 nitrogen and oxygen atoms in total. The molecular weight excluding hydrogens is 216 g/mol. The molecule has 0 spiro atoms. The Bertz CT molecular complexity index is 430. The third kappa shape index (κ3) is 3.52. The van der Waals surface area contributed by atoms with Crippen molar-refractivity contribution in [3.05, 3.63) is 11.9 Å². The van der Waals surface area contributed by atoms with Gasteiger partial charge >= 0.3 is 0 Å². The molecule has 17 heavy (non-hydrogen) atoms. The Morgan fingerprint density at radius 1 is 1.71 bits per heavy atom. The van der Waals surface area contributed by atoms with Crippen LogP contribution < -0.4 is 10.6 Å². The van der Waals surface area contributed by atoms with E-state index in [1.807, 2.05) is 20.2 Å². The van der Waals surface area contributed by atoms with Crippen LogP contribution in [0.25, 0.3) is 0 Å². The number of rotatable bonds is 5. The molecule has 0 aliphatic carbocycles. The van der Waals surface area contributed by atoms with Gasteiger partial charge in [0.15, 0.2) is 0 Å². The van der Waals surface area contributed by atoms with E-state index in [2.05, 4.69) is 21.7 Å². The molecule has 0 bridgehead atoms. The zero-order chi connectivity index (χ0) is 12.8. The van der Waals surface area contributed by atoms with Gasteiger partial charge in [-0.15, -0.1) is 6.42 Å². The van der Waals surface area contributed by atoms with Crippen LogP contribution in [0.2, 0.25) is 0 Å². The van der Waals surface area contributed by atoms with E-state index >= 15 is 0 Å². The van der Waals surface area contributed by atoms with Crippen molar-refractivity contribution < 1.29 is 4.79 Å². The minimum Gasteiger partial charge on any atom is -0.371 e. The van der Waals surface area contributed by atoms with E-state index in [1.54, 1.807) is 11.6 Å². The summed E-state index contributed by atoms with van der Waals surface area (Å²) in [6.07, 6.45) is 7.77. The summed E-state index contributed by atoms with van der Waals surface area (Å²) in [6.45, 7) is 4.06. The van der Waals surface area contributed by atoms with Crippen molar-refractivity contribution in [1.82, 2.24) is 15.1 Å². The Morgan fingerprint density at radius 3 is 3.00 bits per heavy atom. The zero-order valence-corrected chi connectivity index (χ0v) is 10.4. The maximum Gasteiger partial charge on any atom is 0.242 e. The smallest absolute Gasteiger partial charge is 0.242 e. The highest BCUT2D eigenvalue weighted by Crippen LogP contribution is 2.14. The second kappa shape index (κ2) is 5.94. The largest absolute Gasteiger partial charge is 0.371 e. The van der Waals surface area contributed by atoms with Crippen LogP contribution in [-0.4, -0.2) is 28.3 Å². The highest BCUT2D eigenvalue weighted by Gasteiger charge is 2.14. The SMILES string of the molecule is C#CCNC(=O)C(C)Nc1cn(C)nc1CC. The lowest BCUT2D eigenvalue weighted by atomic mass is 10.2. The Kier molecular flexibility index (Phi) is 4.58. The summed E-state index contributed by atoms with van der Waals surface area (Å²) >= 11 is 0. The maximum absolute atomic E-state index is 11.6. The molecular formula is C12H18N4O. The summed E-state index contributed by atoms with van der Waals surface area (Å²) in [5.41, 5.74) is 1.84. The Balaban J connectivity index is 2.64. The maximum atomic E-state index is 11.6. The molecule has 0 aliphatic rings. The third-order valence-corrected chi connectivity index (χ3v) is 2.37. The van der Waals surface area contributed by atoms with E-state index in [-0.39, 0.29) is 18.5 Å². The molecule has 0 radical (unpaired) electrons. The summed E-state index contributed by atoms with van der Waals surface area (Å²) in [5, 5.41) is 10.1. The van der Waals surface area contributed by atoms with E-state index in [1.165, 1.54) is 0 Å². The van der Waals surface area contributed by atoms with E-state index < -0.39 is 0 Å². The topological polar surface area (TPSA) is 59.0 Å². The number of hydrogen-bond donors (Lipinski definition) is 2. The third-order valence-electron chi connectivity index (χ3n) is 2.37. The predicted molar refractivity (Wildman–Crippen MR) is 67.5 cm³/mol. The van der Waals surface area contributed by atoms with Gasteiger partial charge in [0.1, 0.15) is 6.04 Å². The number of hydrogen-bond acceptors (Lipinski definition) is 3. The number of nitrogens with one attached hydrogen (secondary N) is 2. The van der Waals surface area contributed by atoms with Crippen molar-refractivity contribution in [2.75, 3.05) is 11.9 Å². The first-order valence-corrected chi connectivity index (χ1v) is 5.58. The molecule has 1 amide bonds. The second-order valence-electron chi connectivity index (χ2n) is 3.80. The van der Waals surface area contributed by atoms with Crippen molar-refractivity contribution in [1.29, 1.82) is 0 Å². The number of carbonyl (C=O) groups excluding carboxylic acids is 1. The molecule has 0 aromatic carbocycles. The molecule has 1 heterocycles. The zero-order valence-electron chi connectivity index (χ0n) is 10.4. The van der Waals surface area contributed by atoms with Crippen LogP contribution in [0, 0.1) is 12.3 Å². The van der Waals surface area contributed by atoms with Crippen molar-refractivity contribution in [3.8, 4) is 12.3 Å². The van der Waals surface area contributed by atoms with E-state index in [9.17, 15) is 4.79 Å². The van der Waals surface area contributed by atoms with Gasteiger partial charge in [-0.25, -0.2) is 0 Å². The monoisotopic (exact) mass is 234 g/mol. The summed E-state index contributed by atoms with van der Waals surface area (Å²) in [6, 6.07) is -0.335. The van der Waals surface area contributed by atoms with Crippen LogP contribution >= 0.6 is 0 Å². The van der Waals surface area contributed by atoms with Crippen LogP contribution in [0.1, 0.15) is 19.5 Å². The lowest BCUT2D eigenvalue weighted by Gasteiger charge is -2.13. The molecule has 0 fully saturated rings. The van der Waals surface area contributed by atoms with E-state index in [0.717, 1.165) is 17.8 Å². The highest BCUT2D eigenvalue weighted by molar-refractivity contribution is 5.84. The number of anilines is 1. The van der Waals surface area contributed by atoms with Crippen LogP contribution in [0.15, 0.2) is 6.20 Å². The number of aromatic nitrogens is 2. The van der Waals surface area contributed by atoms with Gasteiger partial charge in [-0.1, -0.05) is 12.8 Å². The summed E-state index contributed by atoms with van der Waals surface area (Å²) in [5.74, 6) is 2.25. The normalized spacial score (nSPS) is 11.6. The quantitative estimate of drug-likeness (QED) is 0.731. The Labute approximate surface area is 102 Å². The standard InChI is InChI=1S/C12H18N4O/c1-5-7-13-12(17)9(3)14-11-8-16(4)15-10(11)6-2/h1,8-9,14H,6-7H2,2-4H3,(H,13,17). The van der Waals surface area contributed by atoms with Gasteiger partial charge < -0.3 is 10.6 Å². The van der Waals surface area contributed by atoms with Gasteiger partial charge in [0.2, 0.25) is 5.91 Å². The van der Waals surface area contributed by atoms with Crippen molar-refractivity contribution in [3.63, 3.8) is 0 Å². The van der Waals surface area contributed by atoms with Crippen LogP contribution in [0.4, 0.5) is 5.69 Å². The minimum atomic E-state index is -0.335. The minimum absolute atomic E-state index is 0.117. The number of terminal acetylenes is 1. The predicted octanol–water partition coefficient (Wildman–Crippen LogP) is 0.532. The fraction of sp³-hybridized carbons (Fsp3) is 0.500. The molecule has 0 saturated carbocycles. The number of nitrogens with zero attached hydrogens (tertiary/aromatic N) is 2. The molecule has 1 aromatic rings. The van der Waals surface area contributed by atoms with Crippen molar-refractivity contribution in [2.24, 2.45) is 7.05 Å². The first kappa shape index (κ1) is 13.1. The Morgan fingerprint density at radius 2 is 2.41 bits per heavy atom. The van der Waals surface area contributed by atoms with Gasteiger partial charge in [0.05, 0.1) is 17.9 Å². The first-order chi connectivity index (χ1) is 8.08. The number of amides is 1. The first-order valence-electron chi connectivity index (χ1n) is 5.58. The van der Waals surface area contributed by atoms with Crippen LogP contribution in [0.3, 0.4) is 0 Å². The molecule has 5 heteroatoms. The molecule has 0 aliphatic heterocycles. The van der Waals surface area contributed by atoms with Crippen LogP contribution in [-0.2, 0) is 18.3 Å². The lowest BCUT2D eigenvalue weighted by molar-refractivity contribution is -0.121. The lowest BCUT2D eigenvalue weighted by Crippen LogP contribution is -2.37. The van der Waals surface area contributed by atoms with Gasteiger partial charge in [-0.2, -0.15) is 5.10 Å². The molecule has 1 aromatic heterocycles. The van der Waals surface area contributed by atoms with Gasteiger partial charge in [0, 0.05) is 13.2 Å². The summed E-state index contributed by atoms with van der Waals surface area (Å²) in [7, 11) is 1.85. The molecule has 92 valence electrons. The van der Waals surface area contributed by atoms with Gasteiger partial charge in [-0.3, -0.25) is 9.48 Å². The molecule has 2 N–H and O–H groups in total. The van der Waals surface area contributed by atoms with E-state index in [4.69, 9.17) is 6.42 Å². The van der Waals surface area contributed by atoms with Gasteiger partial charge in [-0.05, 0) is 13.3 Å². The number of carbonyl (C=O) groups is 1. The van der Waals surface area contributed by atoms with Crippen LogP contribution in [0.5, 0.6) is 0 Å². The molecule has 0 saturated heterocycles. The molecule has 1 rings (SSSR count). The Hall–Kier alpha value is -1.96. The fourth-order valence-electron chi connectivity index (χ4n) is 1.51. The van der Waals surface area contributed by atoms with Gasteiger partial charge in [0.25, 0.3) is 0 Å². The average molecular weight is 234 g/mol. The summed E-state index contributed by atoms with van der Waals surface area (Å²) in [4.78, 5) is 11.6. The number of aryl methyl sites for hydroxylation is 2. The van der Waals surface area contributed by atoms with Crippen molar-refractivity contribution >= 4 is 11.6 Å². The highest BCUT2D eigenvalue weighted by atomic mass is 16.2. The average Bonchev–Trinajstić information content (AvgIpc) is 2.66. The second-order valence-corrected chi connectivity index (χ2v) is 3.80. The van der Waals surface area contributed by atoms with Crippen molar-refractivity contribution in [2.45, 2.75) is 26.3 Å². The molecule has 1 atom stereocenters. The van der Waals surface area contributed by atoms with E-state index in [0.29, 0.717) is 0 Å².